The second kappa shape index (κ2) is 8.53. The van der Waals surface area contributed by atoms with Crippen LogP contribution in [0.4, 0.5) is 0 Å². The lowest BCUT2D eigenvalue weighted by Crippen LogP contribution is -2.49. The zero-order valence-corrected chi connectivity index (χ0v) is 14.1. The van der Waals surface area contributed by atoms with Crippen LogP contribution in [0.25, 0.3) is 0 Å². The Kier molecular flexibility index (Phi) is 5.90. The highest BCUT2D eigenvalue weighted by Crippen LogP contribution is 2.16. The number of carbonyl (C=O) groups is 2. The second-order valence-electron chi connectivity index (χ2n) is 6.13. The zero-order chi connectivity index (χ0) is 17.5. The van der Waals surface area contributed by atoms with Crippen molar-refractivity contribution in [1.29, 1.82) is 0 Å². The maximum Gasteiger partial charge on any atom is 0.223 e. The Hall–Kier alpha value is -2.53. The highest BCUT2D eigenvalue weighted by Gasteiger charge is 2.29. The van der Waals surface area contributed by atoms with Gasteiger partial charge in [-0.1, -0.05) is 36.4 Å². The molecule has 0 radical (unpaired) electrons. The van der Waals surface area contributed by atoms with E-state index in [4.69, 9.17) is 4.74 Å². The lowest BCUT2D eigenvalue weighted by Gasteiger charge is -2.35. The SMILES string of the molecule is O=C(CC1COCCN1C(=O)CCc1ccccn1)c1ccccc1. The third-order valence-corrected chi connectivity index (χ3v) is 4.39. The molecular formula is C20H22N2O3. The average molecular weight is 338 g/mol. The number of aromatic nitrogens is 1. The summed E-state index contributed by atoms with van der Waals surface area (Å²) in [4.78, 5) is 31.1. The molecule has 3 rings (SSSR count). The molecule has 1 atom stereocenters. The maximum absolute atomic E-state index is 12.6. The van der Waals surface area contributed by atoms with Crippen LogP contribution in [0.15, 0.2) is 54.7 Å². The van der Waals surface area contributed by atoms with Gasteiger partial charge in [-0.25, -0.2) is 0 Å². The van der Waals surface area contributed by atoms with Gasteiger partial charge in [-0.3, -0.25) is 14.6 Å². The molecule has 130 valence electrons. The molecule has 1 unspecified atom stereocenters. The van der Waals surface area contributed by atoms with E-state index < -0.39 is 0 Å². The van der Waals surface area contributed by atoms with Crippen molar-refractivity contribution >= 4 is 11.7 Å². The Balaban J connectivity index is 1.60. The molecule has 1 fully saturated rings. The highest BCUT2D eigenvalue weighted by atomic mass is 16.5. The van der Waals surface area contributed by atoms with Crippen molar-refractivity contribution in [3.63, 3.8) is 0 Å². The molecule has 1 aromatic heterocycles. The molecule has 0 aliphatic carbocycles. The number of aryl methyl sites for hydroxylation is 1. The smallest absolute Gasteiger partial charge is 0.223 e. The van der Waals surface area contributed by atoms with Gasteiger partial charge >= 0.3 is 0 Å². The minimum atomic E-state index is -0.197. The van der Waals surface area contributed by atoms with Gasteiger partial charge in [-0.2, -0.15) is 0 Å². The summed E-state index contributed by atoms with van der Waals surface area (Å²) >= 11 is 0. The molecule has 0 saturated carbocycles. The van der Waals surface area contributed by atoms with Gasteiger partial charge in [-0.15, -0.1) is 0 Å². The number of amides is 1. The number of carbonyl (C=O) groups excluding carboxylic acids is 2. The molecule has 1 aromatic carbocycles. The number of morpholine rings is 1. The molecule has 0 bridgehead atoms. The largest absolute Gasteiger partial charge is 0.377 e. The summed E-state index contributed by atoms with van der Waals surface area (Å²) < 4.78 is 5.50. The molecule has 5 heteroatoms. The van der Waals surface area contributed by atoms with E-state index in [2.05, 4.69) is 4.98 Å². The number of hydrogen-bond donors (Lipinski definition) is 0. The van der Waals surface area contributed by atoms with E-state index in [0.717, 1.165) is 5.69 Å². The third kappa shape index (κ3) is 4.73. The van der Waals surface area contributed by atoms with Crippen LogP contribution in [0.2, 0.25) is 0 Å². The van der Waals surface area contributed by atoms with Gasteiger partial charge in [0.05, 0.1) is 19.3 Å². The lowest BCUT2D eigenvalue weighted by atomic mass is 10.0. The van der Waals surface area contributed by atoms with Gasteiger partial charge in [0.1, 0.15) is 0 Å². The van der Waals surface area contributed by atoms with Crippen LogP contribution in [0.5, 0.6) is 0 Å². The van der Waals surface area contributed by atoms with Gasteiger partial charge in [0, 0.05) is 36.8 Å². The molecule has 1 aliphatic rings. The Labute approximate surface area is 147 Å². The fourth-order valence-electron chi connectivity index (χ4n) is 3.03. The number of hydrogen-bond acceptors (Lipinski definition) is 4. The topological polar surface area (TPSA) is 59.5 Å². The Morgan fingerprint density at radius 2 is 1.92 bits per heavy atom. The van der Waals surface area contributed by atoms with Crippen LogP contribution >= 0.6 is 0 Å². The van der Waals surface area contributed by atoms with E-state index in [0.29, 0.717) is 44.6 Å². The van der Waals surface area contributed by atoms with Crippen LogP contribution in [0.3, 0.4) is 0 Å². The second-order valence-corrected chi connectivity index (χ2v) is 6.13. The molecule has 2 aromatic rings. The molecular weight excluding hydrogens is 316 g/mol. The average Bonchev–Trinajstić information content (AvgIpc) is 2.68. The predicted molar refractivity (Wildman–Crippen MR) is 94.3 cm³/mol. The molecule has 0 N–H and O–H groups in total. The first-order valence-electron chi connectivity index (χ1n) is 8.59. The van der Waals surface area contributed by atoms with E-state index in [1.54, 1.807) is 23.2 Å². The lowest BCUT2D eigenvalue weighted by molar-refractivity contribution is -0.139. The minimum Gasteiger partial charge on any atom is -0.377 e. The molecule has 1 aliphatic heterocycles. The van der Waals surface area contributed by atoms with Crippen molar-refractivity contribution < 1.29 is 14.3 Å². The van der Waals surface area contributed by atoms with Gasteiger partial charge in [0.15, 0.2) is 5.78 Å². The molecule has 1 saturated heterocycles. The van der Waals surface area contributed by atoms with E-state index >= 15 is 0 Å². The summed E-state index contributed by atoms with van der Waals surface area (Å²) in [6.07, 6.45) is 3.03. The number of pyridine rings is 1. The standard InChI is InChI=1S/C20H22N2O3/c23-19(16-6-2-1-3-7-16)14-18-15-25-13-12-22(18)20(24)10-9-17-8-4-5-11-21-17/h1-8,11,18H,9-10,12-15H2. The molecule has 1 amide bonds. The van der Waals surface area contributed by atoms with Gasteiger partial charge < -0.3 is 9.64 Å². The fraction of sp³-hybridized carbons (Fsp3) is 0.350. The first-order chi connectivity index (χ1) is 12.2. The van der Waals surface area contributed by atoms with Crippen LogP contribution in [-0.4, -0.2) is 47.4 Å². The van der Waals surface area contributed by atoms with Gasteiger partial charge in [0.25, 0.3) is 0 Å². The summed E-state index contributed by atoms with van der Waals surface area (Å²) in [5, 5.41) is 0. The molecule has 5 nitrogen and oxygen atoms in total. The monoisotopic (exact) mass is 338 g/mol. The van der Waals surface area contributed by atoms with E-state index in [1.807, 2.05) is 36.4 Å². The van der Waals surface area contributed by atoms with E-state index in [9.17, 15) is 9.59 Å². The number of ketones is 1. The summed E-state index contributed by atoms with van der Waals surface area (Å²) in [6.45, 7) is 1.47. The van der Waals surface area contributed by atoms with Crippen molar-refractivity contribution in [1.82, 2.24) is 9.88 Å². The van der Waals surface area contributed by atoms with Crippen molar-refractivity contribution in [2.24, 2.45) is 0 Å². The molecule has 0 spiro atoms. The van der Waals surface area contributed by atoms with E-state index in [-0.39, 0.29) is 17.7 Å². The normalized spacial score (nSPS) is 17.3. The van der Waals surface area contributed by atoms with Crippen molar-refractivity contribution in [3.05, 3.63) is 66.0 Å². The summed E-state index contributed by atoms with van der Waals surface area (Å²) in [5.74, 6) is 0.0958. The number of benzene rings is 1. The molecule has 2 heterocycles. The Morgan fingerprint density at radius 1 is 1.12 bits per heavy atom. The Bertz CT molecular complexity index is 703. The van der Waals surface area contributed by atoms with E-state index in [1.165, 1.54) is 0 Å². The van der Waals surface area contributed by atoms with Gasteiger partial charge in [0.2, 0.25) is 5.91 Å². The molecule has 25 heavy (non-hydrogen) atoms. The summed E-state index contributed by atoms with van der Waals surface area (Å²) in [6, 6.07) is 14.7. The Morgan fingerprint density at radius 3 is 2.68 bits per heavy atom. The summed E-state index contributed by atoms with van der Waals surface area (Å²) in [5.41, 5.74) is 1.58. The van der Waals surface area contributed by atoms with Crippen LogP contribution in [0, 0.1) is 0 Å². The fourth-order valence-corrected chi connectivity index (χ4v) is 3.03. The predicted octanol–water partition coefficient (Wildman–Crippen LogP) is 2.51. The first kappa shape index (κ1) is 17.3. The van der Waals surface area contributed by atoms with Crippen LogP contribution in [-0.2, 0) is 16.0 Å². The number of ether oxygens (including phenoxy) is 1. The van der Waals surface area contributed by atoms with Crippen molar-refractivity contribution in [2.45, 2.75) is 25.3 Å². The van der Waals surface area contributed by atoms with Gasteiger partial charge in [-0.05, 0) is 18.6 Å². The summed E-state index contributed by atoms with van der Waals surface area (Å²) in [7, 11) is 0. The maximum atomic E-state index is 12.6. The minimum absolute atomic E-state index is 0.0404. The number of Topliss-reactive ketones (excluding diaryl/α,β-unsaturated/α-hetero) is 1. The van der Waals surface area contributed by atoms with Crippen LogP contribution < -0.4 is 0 Å². The third-order valence-electron chi connectivity index (χ3n) is 4.39. The zero-order valence-electron chi connectivity index (χ0n) is 14.1. The first-order valence-corrected chi connectivity index (χ1v) is 8.59. The van der Waals surface area contributed by atoms with Crippen molar-refractivity contribution in [2.75, 3.05) is 19.8 Å². The number of rotatable bonds is 6. The van der Waals surface area contributed by atoms with Crippen molar-refractivity contribution in [3.8, 4) is 0 Å². The number of nitrogens with zero attached hydrogens (tertiary/aromatic N) is 2. The quantitative estimate of drug-likeness (QED) is 0.760. The highest BCUT2D eigenvalue weighted by molar-refractivity contribution is 5.96. The van der Waals surface area contributed by atoms with Crippen LogP contribution in [0.1, 0.15) is 28.9 Å².